The lowest BCUT2D eigenvalue weighted by Gasteiger charge is -2.25. The van der Waals surface area contributed by atoms with E-state index in [9.17, 15) is 0 Å². The first-order valence-corrected chi connectivity index (χ1v) is 10.6. The molecule has 4 rings (SSSR count). The minimum absolute atomic E-state index is 0. The van der Waals surface area contributed by atoms with E-state index in [4.69, 9.17) is 0 Å². The third-order valence-electron chi connectivity index (χ3n) is 5.96. The molecule has 2 aliphatic rings. The number of aryl methyl sites for hydroxylation is 1. The van der Waals surface area contributed by atoms with Gasteiger partial charge in [-0.1, -0.05) is 28.1 Å². The molecule has 1 N–H and O–H groups in total. The first kappa shape index (κ1) is 21.6. The number of aliphatic imine (C=N–C) groups is 1. The quantitative estimate of drug-likeness (QED) is 0.344. The van der Waals surface area contributed by atoms with Gasteiger partial charge in [0.25, 0.3) is 0 Å². The normalized spacial score (nSPS) is 20.8. The Morgan fingerprint density at radius 3 is 2.86 bits per heavy atom. The SMILES string of the molecule is CN=C(NCC1(c2cccc(Br)c2)CC1)N1CCC(Cc2cnn(C)c2)C1.I. The van der Waals surface area contributed by atoms with E-state index in [1.165, 1.54) is 30.4 Å². The summed E-state index contributed by atoms with van der Waals surface area (Å²) in [5.74, 6) is 1.72. The maximum absolute atomic E-state index is 4.56. The molecular weight excluding hydrogens is 529 g/mol. The summed E-state index contributed by atoms with van der Waals surface area (Å²) >= 11 is 3.61. The lowest BCUT2D eigenvalue weighted by molar-refractivity contribution is 0.455. The molecule has 0 amide bonds. The molecule has 0 bridgehead atoms. The number of hydrogen-bond donors (Lipinski definition) is 1. The number of likely N-dealkylation sites (tertiary alicyclic amines) is 1. The number of nitrogens with zero attached hydrogens (tertiary/aromatic N) is 4. The summed E-state index contributed by atoms with van der Waals surface area (Å²) in [6, 6.07) is 8.75. The smallest absolute Gasteiger partial charge is 0.193 e. The lowest BCUT2D eigenvalue weighted by Crippen LogP contribution is -2.43. The highest BCUT2D eigenvalue weighted by atomic mass is 127. The van der Waals surface area contributed by atoms with Gasteiger partial charge in [-0.25, -0.2) is 0 Å². The fourth-order valence-electron chi connectivity index (χ4n) is 4.22. The van der Waals surface area contributed by atoms with E-state index in [1.54, 1.807) is 0 Å². The van der Waals surface area contributed by atoms with Gasteiger partial charge in [-0.3, -0.25) is 9.67 Å². The van der Waals surface area contributed by atoms with E-state index in [-0.39, 0.29) is 29.4 Å². The van der Waals surface area contributed by atoms with Crippen LogP contribution in [-0.4, -0.2) is 47.3 Å². The van der Waals surface area contributed by atoms with Crippen molar-refractivity contribution in [2.45, 2.75) is 31.1 Å². The van der Waals surface area contributed by atoms with Gasteiger partial charge < -0.3 is 10.2 Å². The first-order valence-electron chi connectivity index (χ1n) is 9.77. The molecule has 152 valence electrons. The van der Waals surface area contributed by atoms with Crippen LogP contribution in [-0.2, 0) is 18.9 Å². The number of hydrogen-bond acceptors (Lipinski definition) is 2. The summed E-state index contributed by atoms with van der Waals surface area (Å²) in [5.41, 5.74) is 3.03. The Kier molecular flexibility index (Phi) is 7.07. The van der Waals surface area contributed by atoms with E-state index < -0.39 is 0 Å². The van der Waals surface area contributed by atoms with Crippen LogP contribution in [0.25, 0.3) is 0 Å². The van der Waals surface area contributed by atoms with Crippen LogP contribution < -0.4 is 5.32 Å². The third-order valence-corrected chi connectivity index (χ3v) is 6.45. The average molecular weight is 558 g/mol. The van der Waals surface area contributed by atoms with Gasteiger partial charge in [0.2, 0.25) is 0 Å². The van der Waals surface area contributed by atoms with Crippen LogP contribution >= 0.6 is 39.9 Å². The van der Waals surface area contributed by atoms with Crippen LogP contribution in [0.15, 0.2) is 46.1 Å². The van der Waals surface area contributed by atoms with E-state index >= 15 is 0 Å². The second-order valence-electron chi connectivity index (χ2n) is 8.02. The van der Waals surface area contributed by atoms with Gasteiger partial charge in [0.15, 0.2) is 5.96 Å². The minimum atomic E-state index is 0. The monoisotopic (exact) mass is 557 g/mol. The van der Waals surface area contributed by atoms with Crippen molar-refractivity contribution in [3.8, 4) is 0 Å². The lowest BCUT2D eigenvalue weighted by atomic mass is 9.96. The first-order chi connectivity index (χ1) is 13.1. The summed E-state index contributed by atoms with van der Waals surface area (Å²) < 4.78 is 3.05. The molecular formula is C21H29BrIN5. The van der Waals surface area contributed by atoms with Crippen molar-refractivity contribution in [3.05, 3.63) is 52.3 Å². The van der Waals surface area contributed by atoms with Crippen molar-refractivity contribution in [2.75, 3.05) is 26.7 Å². The molecule has 1 unspecified atom stereocenters. The third kappa shape index (κ3) is 4.90. The largest absolute Gasteiger partial charge is 0.355 e. The molecule has 1 aromatic carbocycles. The summed E-state index contributed by atoms with van der Waals surface area (Å²) in [6.07, 6.45) is 8.93. The van der Waals surface area contributed by atoms with Crippen LogP contribution in [0.1, 0.15) is 30.4 Å². The van der Waals surface area contributed by atoms with Crippen molar-refractivity contribution < 1.29 is 0 Å². The molecule has 1 aliphatic carbocycles. The number of benzene rings is 1. The number of nitrogens with one attached hydrogen (secondary N) is 1. The number of aromatic nitrogens is 2. The fraction of sp³-hybridized carbons (Fsp3) is 0.524. The van der Waals surface area contributed by atoms with Crippen LogP contribution in [0, 0.1) is 5.92 Å². The Morgan fingerprint density at radius 1 is 1.39 bits per heavy atom. The fourth-order valence-corrected chi connectivity index (χ4v) is 4.62. The van der Waals surface area contributed by atoms with Crippen LogP contribution in [0.2, 0.25) is 0 Å². The Labute approximate surface area is 193 Å². The van der Waals surface area contributed by atoms with Crippen LogP contribution in [0.3, 0.4) is 0 Å². The van der Waals surface area contributed by atoms with E-state index in [0.29, 0.717) is 5.92 Å². The Hall–Kier alpha value is -1.09. The molecule has 7 heteroatoms. The Morgan fingerprint density at radius 2 is 2.21 bits per heavy atom. The molecule has 5 nitrogen and oxygen atoms in total. The van der Waals surface area contributed by atoms with E-state index in [0.717, 1.165) is 36.5 Å². The average Bonchev–Trinajstić information content (AvgIpc) is 3.13. The Bertz CT molecular complexity index is 830. The predicted molar refractivity (Wildman–Crippen MR) is 128 cm³/mol. The highest BCUT2D eigenvalue weighted by Gasteiger charge is 2.44. The van der Waals surface area contributed by atoms with Crippen molar-refractivity contribution in [2.24, 2.45) is 18.0 Å². The molecule has 28 heavy (non-hydrogen) atoms. The molecule has 1 atom stereocenters. The van der Waals surface area contributed by atoms with Gasteiger partial charge in [0.1, 0.15) is 0 Å². The Balaban J connectivity index is 0.00000225. The van der Waals surface area contributed by atoms with Gasteiger partial charge >= 0.3 is 0 Å². The van der Waals surface area contributed by atoms with E-state index in [2.05, 4.69) is 66.7 Å². The summed E-state index contributed by atoms with van der Waals surface area (Å²) in [5, 5.41) is 7.96. The second-order valence-corrected chi connectivity index (χ2v) is 8.93. The van der Waals surface area contributed by atoms with Crippen LogP contribution in [0.5, 0.6) is 0 Å². The summed E-state index contributed by atoms with van der Waals surface area (Å²) in [4.78, 5) is 6.98. The highest BCUT2D eigenvalue weighted by Crippen LogP contribution is 2.48. The van der Waals surface area contributed by atoms with Gasteiger partial charge in [0, 0.05) is 49.8 Å². The zero-order valence-corrected chi connectivity index (χ0v) is 20.5. The molecule has 2 heterocycles. The topological polar surface area (TPSA) is 45.5 Å². The maximum atomic E-state index is 4.56. The zero-order valence-electron chi connectivity index (χ0n) is 16.6. The van der Waals surface area contributed by atoms with Gasteiger partial charge in [0.05, 0.1) is 6.20 Å². The summed E-state index contributed by atoms with van der Waals surface area (Å²) in [7, 11) is 3.88. The molecule has 2 fully saturated rings. The molecule has 1 aromatic heterocycles. The highest BCUT2D eigenvalue weighted by molar-refractivity contribution is 14.0. The van der Waals surface area contributed by atoms with Crippen LogP contribution in [0.4, 0.5) is 0 Å². The molecule has 0 spiro atoms. The zero-order chi connectivity index (χ0) is 18.9. The standard InChI is InChI=1S/C21H28BrN5.HI/c1-23-20(24-15-21(7-8-21)18-4-3-5-19(22)11-18)27-9-6-16(14-27)10-17-12-25-26(2)13-17;/h3-5,11-13,16H,6-10,14-15H2,1-2H3,(H,23,24);1H. The summed E-state index contributed by atoms with van der Waals surface area (Å²) in [6.45, 7) is 3.10. The molecule has 0 radical (unpaired) electrons. The predicted octanol–water partition coefficient (Wildman–Crippen LogP) is 3.97. The minimum Gasteiger partial charge on any atom is -0.355 e. The van der Waals surface area contributed by atoms with Gasteiger partial charge in [-0.2, -0.15) is 5.10 Å². The maximum Gasteiger partial charge on any atom is 0.193 e. The number of halogens is 2. The molecule has 1 saturated carbocycles. The molecule has 1 saturated heterocycles. The molecule has 1 aliphatic heterocycles. The molecule has 2 aromatic rings. The van der Waals surface area contributed by atoms with Gasteiger partial charge in [-0.15, -0.1) is 24.0 Å². The van der Waals surface area contributed by atoms with Crippen molar-refractivity contribution in [3.63, 3.8) is 0 Å². The number of guanidine groups is 1. The van der Waals surface area contributed by atoms with Crippen molar-refractivity contribution in [1.82, 2.24) is 20.0 Å². The van der Waals surface area contributed by atoms with Gasteiger partial charge in [-0.05, 0) is 54.9 Å². The van der Waals surface area contributed by atoms with Crippen molar-refractivity contribution >= 4 is 45.9 Å². The van der Waals surface area contributed by atoms with E-state index in [1.807, 2.05) is 25.0 Å². The number of rotatable bonds is 5. The van der Waals surface area contributed by atoms with Crippen molar-refractivity contribution in [1.29, 1.82) is 0 Å². The second kappa shape index (κ2) is 9.15.